The summed E-state index contributed by atoms with van der Waals surface area (Å²) < 4.78 is 0. The van der Waals surface area contributed by atoms with E-state index in [2.05, 4.69) is 29.3 Å². The number of hydrogen-bond donors (Lipinski definition) is 1. The summed E-state index contributed by atoms with van der Waals surface area (Å²) in [6.45, 7) is 8.56. The fourth-order valence-corrected chi connectivity index (χ4v) is 4.01. The molecule has 0 radical (unpaired) electrons. The van der Waals surface area contributed by atoms with Gasteiger partial charge >= 0.3 is 6.03 Å². The molecule has 2 fully saturated rings. The average molecular weight is 373 g/mol. The van der Waals surface area contributed by atoms with Crippen molar-refractivity contribution in [2.75, 3.05) is 38.0 Å². The predicted octanol–water partition coefficient (Wildman–Crippen LogP) is 3.15. The number of nitrogens with one attached hydrogen (secondary N) is 1. The van der Waals surface area contributed by atoms with Crippen molar-refractivity contribution >= 4 is 17.6 Å². The fourth-order valence-electron chi connectivity index (χ4n) is 4.01. The Morgan fingerprint density at radius 2 is 1.81 bits per heavy atom. The molecule has 3 amide bonds. The number of piperidine rings is 1. The summed E-state index contributed by atoms with van der Waals surface area (Å²) in [4.78, 5) is 30.3. The lowest BCUT2D eigenvalue weighted by Gasteiger charge is -2.33. The average Bonchev–Trinajstić information content (AvgIpc) is 2.90. The molecule has 0 saturated carbocycles. The minimum absolute atomic E-state index is 0.0797. The van der Waals surface area contributed by atoms with Crippen molar-refractivity contribution in [3.05, 3.63) is 29.8 Å². The first kappa shape index (κ1) is 19.7. The highest BCUT2D eigenvalue weighted by Gasteiger charge is 2.21. The Kier molecular flexibility index (Phi) is 6.72. The van der Waals surface area contributed by atoms with Gasteiger partial charge in [0.15, 0.2) is 0 Å². The molecule has 0 unspecified atom stereocenters. The van der Waals surface area contributed by atoms with Gasteiger partial charge in [0.25, 0.3) is 0 Å². The van der Waals surface area contributed by atoms with Gasteiger partial charge < -0.3 is 15.1 Å². The van der Waals surface area contributed by atoms with E-state index in [9.17, 15) is 9.59 Å². The summed E-state index contributed by atoms with van der Waals surface area (Å²) in [7, 11) is 0. The molecule has 0 bridgehead atoms. The summed E-state index contributed by atoms with van der Waals surface area (Å²) in [5.74, 6) is 0.0805. The molecular formula is C21H32N4O2. The molecule has 0 spiro atoms. The number of anilines is 1. The van der Waals surface area contributed by atoms with Gasteiger partial charge in [0.05, 0.1) is 0 Å². The van der Waals surface area contributed by atoms with Crippen molar-refractivity contribution in [1.82, 2.24) is 14.7 Å². The zero-order valence-electron chi connectivity index (χ0n) is 16.6. The van der Waals surface area contributed by atoms with E-state index in [0.29, 0.717) is 25.7 Å². The minimum Gasteiger partial charge on any atom is -0.341 e. The molecule has 0 aliphatic carbocycles. The van der Waals surface area contributed by atoms with Crippen LogP contribution in [0.25, 0.3) is 0 Å². The Morgan fingerprint density at radius 1 is 1.04 bits per heavy atom. The van der Waals surface area contributed by atoms with Crippen molar-refractivity contribution in [3.63, 3.8) is 0 Å². The maximum atomic E-state index is 12.7. The molecule has 1 aromatic carbocycles. The van der Waals surface area contributed by atoms with Gasteiger partial charge in [0, 0.05) is 51.4 Å². The fraction of sp³-hybridized carbons (Fsp3) is 0.619. The first-order valence-corrected chi connectivity index (χ1v) is 10.2. The number of benzene rings is 1. The second kappa shape index (κ2) is 9.22. The molecule has 1 N–H and O–H groups in total. The molecule has 2 heterocycles. The lowest BCUT2D eigenvalue weighted by atomic mass is 10.0. The van der Waals surface area contributed by atoms with E-state index in [1.54, 1.807) is 6.92 Å². The van der Waals surface area contributed by atoms with Gasteiger partial charge in [-0.2, -0.15) is 0 Å². The van der Waals surface area contributed by atoms with E-state index < -0.39 is 0 Å². The molecular weight excluding hydrogens is 340 g/mol. The molecule has 2 saturated heterocycles. The second-order valence-corrected chi connectivity index (χ2v) is 7.79. The van der Waals surface area contributed by atoms with Gasteiger partial charge in [-0.15, -0.1) is 0 Å². The van der Waals surface area contributed by atoms with Crippen molar-refractivity contribution in [2.24, 2.45) is 0 Å². The third-order valence-electron chi connectivity index (χ3n) is 5.73. The second-order valence-electron chi connectivity index (χ2n) is 7.79. The molecule has 148 valence electrons. The smallest absolute Gasteiger partial charge is 0.321 e. The Hall–Kier alpha value is -2.08. The van der Waals surface area contributed by atoms with Gasteiger partial charge in [0.1, 0.15) is 0 Å². The molecule has 6 nitrogen and oxygen atoms in total. The number of nitrogens with zero attached hydrogens (tertiary/aromatic N) is 3. The number of urea groups is 1. The molecule has 1 atom stereocenters. The molecule has 2 aliphatic heterocycles. The lowest BCUT2D eigenvalue weighted by Crippen LogP contribution is -2.39. The van der Waals surface area contributed by atoms with Crippen molar-refractivity contribution < 1.29 is 9.59 Å². The van der Waals surface area contributed by atoms with Crippen molar-refractivity contribution in [2.45, 2.75) is 52.1 Å². The minimum atomic E-state index is -0.0797. The van der Waals surface area contributed by atoms with Gasteiger partial charge in [-0.1, -0.05) is 18.6 Å². The van der Waals surface area contributed by atoms with Crippen LogP contribution in [0, 0.1) is 0 Å². The highest BCUT2D eigenvalue weighted by Crippen LogP contribution is 2.20. The Morgan fingerprint density at radius 3 is 2.59 bits per heavy atom. The number of hydrogen-bond acceptors (Lipinski definition) is 3. The van der Waals surface area contributed by atoms with Crippen LogP contribution in [-0.2, 0) is 11.3 Å². The Labute approximate surface area is 162 Å². The zero-order chi connectivity index (χ0) is 19.2. The van der Waals surface area contributed by atoms with Gasteiger partial charge in [0.2, 0.25) is 5.91 Å². The van der Waals surface area contributed by atoms with Crippen LogP contribution in [-0.4, -0.2) is 65.4 Å². The van der Waals surface area contributed by atoms with Crippen LogP contribution >= 0.6 is 0 Å². The number of carbonyl (C=O) groups excluding carboxylic acids is 2. The molecule has 27 heavy (non-hydrogen) atoms. The van der Waals surface area contributed by atoms with Crippen LogP contribution in [0.15, 0.2) is 24.3 Å². The van der Waals surface area contributed by atoms with Crippen LogP contribution < -0.4 is 5.32 Å². The summed E-state index contributed by atoms with van der Waals surface area (Å²) in [6.07, 6.45) is 4.68. The number of amides is 3. The van der Waals surface area contributed by atoms with Gasteiger partial charge in [-0.25, -0.2) is 4.79 Å². The van der Waals surface area contributed by atoms with Crippen LogP contribution in [0.5, 0.6) is 0 Å². The third-order valence-corrected chi connectivity index (χ3v) is 5.73. The number of likely N-dealkylation sites (tertiary alicyclic amines) is 1. The van der Waals surface area contributed by atoms with E-state index in [1.165, 1.54) is 24.8 Å². The van der Waals surface area contributed by atoms with Crippen LogP contribution in [0.2, 0.25) is 0 Å². The predicted molar refractivity (Wildman–Crippen MR) is 108 cm³/mol. The maximum absolute atomic E-state index is 12.7. The molecule has 3 rings (SSSR count). The highest BCUT2D eigenvalue weighted by molar-refractivity contribution is 5.89. The molecule has 0 aromatic heterocycles. The van der Waals surface area contributed by atoms with Crippen LogP contribution in [0.3, 0.4) is 0 Å². The summed E-state index contributed by atoms with van der Waals surface area (Å²) in [6, 6.07) is 8.72. The highest BCUT2D eigenvalue weighted by atomic mass is 16.2. The molecule has 1 aromatic rings. The van der Waals surface area contributed by atoms with Crippen molar-refractivity contribution in [3.8, 4) is 0 Å². The first-order chi connectivity index (χ1) is 13.0. The third kappa shape index (κ3) is 5.45. The first-order valence-electron chi connectivity index (χ1n) is 10.2. The normalized spacial score (nSPS) is 21.6. The molecule has 6 heteroatoms. The SMILES string of the molecule is CC(=O)N1CCCN(C(=O)Nc2cccc(CN3CCCC[C@H]3C)c2)CC1. The summed E-state index contributed by atoms with van der Waals surface area (Å²) >= 11 is 0. The number of carbonyl (C=O) groups is 2. The number of rotatable bonds is 3. The monoisotopic (exact) mass is 372 g/mol. The summed E-state index contributed by atoms with van der Waals surface area (Å²) in [5, 5.41) is 3.04. The quantitative estimate of drug-likeness (QED) is 0.887. The van der Waals surface area contributed by atoms with E-state index in [4.69, 9.17) is 0 Å². The van der Waals surface area contributed by atoms with Crippen LogP contribution in [0.1, 0.15) is 45.1 Å². The Balaban J connectivity index is 1.57. The van der Waals surface area contributed by atoms with E-state index in [0.717, 1.165) is 31.7 Å². The topological polar surface area (TPSA) is 55.9 Å². The van der Waals surface area contributed by atoms with Crippen molar-refractivity contribution in [1.29, 1.82) is 0 Å². The summed E-state index contributed by atoms with van der Waals surface area (Å²) in [5.41, 5.74) is 2.08. The lowest BCUT2D eigenvalue weighted by molar-refractivity contribution is -0.128. The van der Waals surface area contributed by atoms with E-state index >= 15 is 0 Å². The zero-order valence-corrected chi connectivity index (χ0v) is 16.6. The molecule has 2 aliphatic rings. The largest absolute Gasteiger partial charge is 0.341 e. The van der Waals surface area contributed by atoms with Gasteiger partial charge in [-0.3, -0.25) is 9.69 Å². The standard InChI is InChI=1S/C21H32N4O2/c1-17-7-3-4-10-25(17)16-19-8-5-9-20(15-19)22-21(27)24-12-6-11-23(13-14-24)18(2)26/h5,8-9,15,17H,3-4,6-7,10-14,16H2,1-2H3,(H,22,27)/t17-/m1/s1. The Bertz CT molecular complexity index is 663. The van der Waals surface area contributed by atoms with Crippen LogP contribution in [0.4, 0.5) is 10.5 Å². The maximum Gasteiger partial charge on any atom is 0.321 e. The van der Waals surface area contributed by atoms with Gasteiger partial charge in [-0.05, 0) is 50.4 Å². The van der Waals surface area contributed by atoms with E-state index in [1.807, 2.05) is 21.9 Å². The van der Waals surface area contributed by atoms with E-state index in [-0.39, 0.29) is 11.9 Å².